The summed E-state index contributed by atoms with van der Waals surface area (Å²) in [4.78, 5) is 23.4. The highest BCUT2D eigenvalue weighted by Crippen LogP contribution is 2.28. The van der Waals surface area contributed by atoms with Gasteiger partial charge in [-0.25, -0.2) is 9.78 Å². The second kappa shape index (κ2) is 9.43. The SMILES string of the molecule is CC(C)c1cnn2c(N(Cc3ccc(-c4ccncc4)cc3)C(=O)OC(C)(C)C)cc(Cl)nc12. The topological polar surface area (TPSA) is 72.6 Å². The molecule has 3 aromatic heterocycles. The minimum Gasteiger partial charge on any atom is -0.443 e. The summed E-state index contributed by atoms with van der Waals surface area (Å²) in [5.74, 6) is 0.696. The molecular weight excluding hydrogens is 450 g/mol. The van der Waals surface area contributed by atoms with Gasteiger partial charge in [0.05, 0.1) is 12.7 Å². The van der Waals surface area contributed by atoms with Crippen molar-refractivity contribution in [2.75, 3.05) is 4.90 Å². The molecular formula is C26H28ClN5O2. The Hall–Kier alpha value is -3.45. The van der Waals surface area contributed by atoms with Gasteiger partial charge in [0, 0.05) is 24.0 Å². The fourth-order valence-corrected chi connectivity index (χ4v) is 3.80. The number of halogens is 1. The van der Waals surface area contributed by atoms with Gasteiger partial charge in [0.2, 0.25) is 0 Å². The zero-order valence-electron chi connectivity index (χ0n) is 20.0. The number of pyridine rings is 1. The predicted octanol–water partition coefficient (Wildman–Crippen LogP) is 6.51. The van der Waals surface area contributed by atoms with Gasteiger partial charge in [-0.2, -0.15) is 9.61 Å². The minimum atomic E-state index is -0.663. The van der Waals surface area contributed by atoms with Gasteiger partial charge in [-0.1, -0.05) is 49.7 Å². The van der Waals surface area contributed by atoms with Gasteiger partial charge in [-0.3, -0.25) is 9.88 Å². The number of hydrogen-bond donors (Lipinski definition) is 0. The van der Waals surface area contributed by atoms with Gasteiger partial charge >= 0.3 is 6.09 Å². The zero-order chi connectivity index (χ0) is 24.5. The summed E-state index contributed by atoms with van der Waals surface area (Å²) in [5, 5.41) is 4.80. The molecule has 0 N–H and O–H groups in total. The first-order chi connectivity index (χ1) is 16.1. The maximum Gasteiger partial charge on any atom is 0.416 e. The van der Waals surface area contributed by atoms with Gasteiger partial charge in [0.25, 0.3) is 0 Å². The average Bonchev–Trinajstić information content (AvgIpc) is 3.21. The molecule has 0 unspecified atom stereocenters. The third-order valence-corrected chi connectivity index (χ3v) is 5.46. The number of aromatic nitrogens is 4. The summed E-state index contributed by atoms with van der Waals surface area (Å²) in [6.45, 7) is 9.92. The van der Waals surface area contributed by atoms with E-state index in [9.17, 15) is 4.79 Å². The van der Waals surface area contributed by atoms with Gasteiger partial charge in [0.1, 0.15) is 16.6 Å². The quantitative estimate of drug-likeness (QED) is 0.306. The second-order valence-electron chi connectivity index (χ2n) is 9.43. The molecule has 7 nitrogen and oxygen atoms in total. The van der Waals surface area contributed by atoms with E-state index in [1.165, 1.54) is 0 Å². The molecule has 0 aliphatic rings. The van der Waals surface area contributed by atoms with Crippen LogP contribution in [0.3, 0.4) is 0 Å². The summed E-state index contributed by atoms with van der Waals surface area (Å²) in [6.07, 6.45) is 4.81. The van der Waals surface area contributed by atoms with Crippen molar-refractivity contribution in [1.29, 1.82) is 0 Å². The Morgan fingerprint density at radius 1 is 1.09 bits per heavy atom. The van der Waals surface area contributed by atoms with E-state index in [0.717, 1.165) is 22.3 Å². The average molecular weight is 478 g/mol. The van der Waals surface area contributed by atoms with Crippen molar-refractivity contribution in [2.24, 2.45) is 0 Å². The second-order valence-corrected chi connectivity index (χ2v) is 9.81. The minimum absolute atomic E-state index is 0.201. The molecule has 8 heteroatoms. The molecule has 3 heterocycles. The molecule has 4 aromatic rings. The Morgan fingerprint density at radius 2 is 1.74 bits per heavy atom. The predicted molar refractivity (Wildman–Crippen MR) is 134 cm³/mol. The number of amides is 1. The molecule has 1 amide bonds. The maximum absolute atomic E-state index is 13.3. The number of anilines is 1. The molecule has 0 radical (unpaired) electrons. The van der Waals surface area contributed by atoms with Crippen LogP contribution in [-0.2, 0) is 11.3 Å². The largest absolute Gasteiger partial charge is 0.443 e. The van der Waals surface area contributed by atoms with Crippen LogP contribution in [0.15, 0.2) is 61.1 Å². The van der Waals surface area contributed by atoms with Crippen LogP contribution in [-0.4, -0.2) is 31.3 Å². The Morgan fingerprint density at radius 3 is 2.35 bits per heavy atom. The number of carbonyl (C=O) groups excluding carboxylic acids is 1. The molecule has 0 atom stereocenters. The van der Waals surface area contributed by atoms with E-state index in [2.05, 4.69) is 28.9 Å². The summed E-state index contributed by atoms with van der Waals surface area (Å²) in [5.41, 5.74) is 3.99. The van der Waals surface area contributed by atoms with E-state index in [1.54, 1.807) is 34.1 Å². The van der Waals surface area contributed by atoms with Crippen LogP contribution in [0.25, 0.3) is 16.8 Å². The molecule has 0 fully saturated rings. The van der Waals surface area contributed by atoms with Crippen LogP contribution >= 0.6 is 11.6 Å². The first kappa shape index (κ1) is 23.7. The summed E-state index contributed by atoms with van der Waals surface area (Å²) in [6, 6.07) is 13.6. The third-order valence-electron chi connectivity index (χ3n) is 5.27. The first-order valence-electron chi connectivity index (χ1n) is 11.2. The van der Waals surface area contributed by atoms with Crippen LogP contribution < -0.4 is 4.90 Å². The molecule has 34 heavy (non-hydrogen) atoms. The van der Waals surface area contributed by atoms with Crippen molar-refractivity contribution < 1.29 is 9.53 Å². The molecule has 4 rings (SSSR count). The highest BCUT2D eigenvalue weighted by molar-refractivity contribution is 6.29. The third kappa shape index (κ3) is 5.20. The molecule has 0 saturated heterocycles. The molecule has 0 saturated carbocycles. The van der Waals surface area contributed by atoms with E-state index in [0.29, 0.717) is 11.5 Å². The van der Waals surface area contributed by atoms with Gasteiger partial charge in [0.15, 0.2) is 5.65 Å². The van der Waals surface area contributed by atoms with Crippen LogP contribution in [0.2, 0.25) is 5.15 Å². The van der Waals surface area contributed by atoms with Crippen molar-refractivity contribution in [1.82, 2.24) is 19.6 Å². The van der Waals surface area contributed by atoms with Crippen molar-refractivity contribution in [2.45, 2.75) is 52.7 Å². The first-order valence-corrected chi connectivity index (χ1v) is 11.5. The van der Waals surface area contributed by atoms with Crippen molar-refractivity contribution >= 4 is 29.2 Å². The molecule has 176 valence electrons. The van der Waals surface area contributed by atoms with Gasteiger partial charge < -0.3 is 4.74 Å². The number of nitrogens with zero attached hydrogens (tertiary/aromatic N) is 5. The maximum atomic E-state index is 13.3. The van der Waals surface area contributed by atoms with Crippen LogP contribution in [0, 0.1) is 0 Å². The fraction of sp³-hybridized carbons (Fsp3) is 0.308. The molecule has 0 aliphatic carbocycles. The summed E-state index contributed by atoms with van der Waals surface area (Å²) >= 11 is 6.39. The normalized spacial score (nSPS) is 11.7. The number of fused-ring (bicyclic) bond motifs is 1. The lowest BCUT2D eigenvalue weighted by Crippen LogP contribution is -2.37. The monoisotopic (exact) mass is 477 g/mol. The number of benzene rings is 1. The number of ether oxygens (including phenoxy) is 1. The van der Waals surface area contributed by atoms with E-state index in [-0.39, 0.29) is 17.6 Å². The lowest BCUT2D eigenvalue weighted by Gasteiger charge is -2.28. The number of hydrogen-bond acceptors (Lipinski definition) is 5. The fourth-order valence-electron chi connectivity index (χ4n) is 3.62. The zero-order valence-corrected chi connectivity index (χ0v) is 20.7. The smallest absolute Gasteiger partial charge is 0.416 e. The van der Waals surface area contributed by atoms with E-state index in [1.807, 2.05) is 57.2 Å². The van der Waals surface area contributed by atoms with Crippen molar-refractivity contribution in [3.05, 3.63) is 77.3 Å². The number of rotatable bonds is 5. The Bertz CT molecular complexity index is 1290. The number of carbonyl (C=O) groups is 1. The lowest BCUT2D eigenvalue weighted by atomic mass is 10.1. The van der Waals surface area contributed by atoms with Crippen LogP contribution in [0.1, 0.15) is 51.7 Å². The molecule has 1 aromatic carbocycles. The van der Waals surface area contributed by atoms with Crippen molar-refractivity contribution in [3.63, 3.8) is 0 Å². The summed E-state index contributed by atoms with van der Waals surface area (Å²) in [7, 11) is 0. The highest BCUT2D eigenvalue weighted by atomic mass is 35.5. The summed E-state index contributed by atoms with van der Waals surface area (Å²) < 4.78 is 7.39. The molecule has 0 spiro atoms. The highest BCUT2D eigenvalue weighted by Gasteiger charge is 2.27. The molecule has 0 aliphatic heterocycles. The standard InChI is InChI=1S/C26H28ClN5O2/c1-17(2)21-15-29-32-23(14-22(27)30-24(21)32)31(25(33)34-26(3,4)5)16-18-6-8-19(9-7-18)20-10-12-28-13-11-20/h6-15,17H,16H2,1-5H3. The van der Waals surface area contributed by atoms with E-state index < -0.39 is 11.7 Å². The van der Waals surface area contributed by atoms with Crippen LogP contribution in [0.5, 0.6) is 0 Å². The Kier molecular flexibility index (Phi) is 6.57. The van der Waals surface area contributed by atoms with E-state index >= 15 is 0 Å². The van der Waals surface area contributed by atoms with E-state index in [4.69, 9.17) is 16.3 Å². The lowest BCUT2D eigenvalue weighted by molar-refractivity contribution is 0.0575. The Balaban J connectivity index is 1.75. The van der Waals surface area contributed by atoms with Gasteiger partial charge in [-0.05, 0) is 55.5 Å². The molecule has 0 bridgehead atoms. The Labute approximate surface area is 204 Å². The van der Waals surface area contributed by atoms with Crippen LogP contribution in [0.4, 0.5) is 10.6 Å². The van der Waals surface area contributed by atoms with Gasteiger partial charge in [-0.15, -0.1) is 0 Å². The van der Waals surface area contributed by atoms with Crippen molar-refractivity contribution in [3.8, 4) is 11.1 Å².